The van der Waals surface area contributed by atoms with Crippen LogP contribution in [-0.4, -0.2) is 29.0 Å². The van der Waals surface area contributed by atoms with E-state index >= 15 is 0 Å². The van der Waals surface area contributed by atoms with Gasteiger partial charge in [-0.1, -0.05) is 18.5 Å². The third-order valence-corrected chi connectivity index (χ3v) is 5.16. The van der Waals surface area contributed by atoms with E-state index in [9.17, 15) is 9.59 Å². The predicted octanol–water partition coefficient (Wildman–Crippen LogP) is 3.63. The second-order valence-corrected chi connectivity index (χ2v) is 6.61. The Kier molecular flexibility index (Phi) is 5.02. The maximum absolute atomic E-state index is 12.4. The summed E-state index contributed by atoms with van der Waals surface area (Å²) < 4.78 is 6.05. The van der Waals surface area contributed by atoms with Crippen molar-refractivity contribution in [3.05, 3.63) is 26.7 Å². The van der Waals surface area contributed by atoms with Crippen molar-refractivity contribution in [3.8, 4) is 5.75 Å². The minimum atomic E-state index is -0.974. The number of carboxylic acids is 1. The van der Waals surface area contributed by atoms with Crippen molar-refractivity contribution in [1.82, 2.24) is 4.90 Å². The smallest absolute Gasteiger partial charge is 0.306 e. The van der Waals surface area contributed by atoms with E-state index in [4.69, 9.17) is 21.4 Å². The van der Waals surface area contributed by atoms with Crippen molar-refractivity contribution >= 4 is 39.4 Å². The van der Waals surface area contributed by atoms with Crippen LogP contribution in [-0.2, 0) is 16.1 Å². The lowest BCUT2D eigenvalue weighted by Crippen LogP contribution is -2.30. The summed E-state index contributed by atoms with van der Waals surface area (Å²) in [6, 6.07) is 1.52. The van der Waals surface area contributed by atoms with Crippen LogP contribution in [0.2, 0.25) is 5.02 Å². The highest BCUT2D eigenvalue weighted by molar-refractivity contribution is 9.10. The van der Waals surface area contributed by atoms with Crippen molar-refractivity contribution in [2.75, 3.05) is 7.11 Å². The quantitative estimate of drug-likeness (QED) is 0.852. The number of carbonyl (C=O) groups is 2. The number of ether oxygens (including phenoxy) is 1. The first-order valence-electron chi connectivity index (χ1n) is 6.84. The lowest BCUT2D eigenvalue weighted by Gasteiger charge is -2.23. The van der Waals surface area contributed by atoms with Gasteiger partial charge in [0.1, 0.15) is 5.75 Å². The number of aliphatic carboxylic acids is 1. The molecule has 0 saturated carbocycles. The van der Waals surface area contributed by atoms with Crippen LogP contribution in [0.15, 0.2) is 10.5 Å². The SMILES string of the molecule is COc1cc(Cl)c2c(c1Br)CN(C(=O)C[C@H](C)C(=O)O)C2C. The Balaban J connectivity index is 2.30. The van der Waals surface area contributed by atoms with Gasteiger partial charge in [0, 0.05) is 24.1 Å². The summed E-state index contributed by atoms with van der Waals surface area (Å²) in [6.45, 7) is 3.80. The molecule has 1 heterocycles. The van der Waals surface area contributed by atoms with Gasteiger partial charge in [-0.3, -0.25) is 9.59 Å². The summed E-state index contributed by atoms with van der Waals surface area (Å²) in [7, 11) is 1.55. The minimum Gasteiger partial charge on any atom is -0.496 e. The first kappa shape index (κ1) is 17.1. The molecular formula is C15H17BrClNO4. The van der Waals surface area contributed by atoms with Crippen molar-refractivity contribution in [1.29, 1.82) is 0 Å². The van der Waals surface area contributed by atoms with Gasteiger partial charge in [-0.2, -0.15) is 0 Å². The van der Waals surface area contributed by atoms with Gasteiger partial charge in [-0.25, -0.2) is 0 Å². The third kappa shape index (κ3) is 2.94. The van der Waals surface area contributed by atoms with Crippen LogP contribution in [0, 0.1) is 5.92 Å². The maximum Gasteiger partial charge on any atom is 0.306 e. The van der Waals surface area contributed by atoms with Crippen molar-refractivity contribution < 1.29 is 19.4 Å². The second-order valence-electron chi connectivity index (χ2n) is 5.41. The fourth-order valence-electron chi connectivity index (χ4n) is 2.66. The van der Waals surface area contributed by atoms with E-state index in [1.54, 1.807) is 18.1 Å². The molecule has 2 atom stereocenters. The molecule has 0 radical (unpaired) electrons. The molecule has 1 unspecified atom stereocenters. The monoisotopic (exact) mass is 389 g/mol. The summed E-state index contributed by atoms with van der Waals surface area (Å²) in [5.74, 6) is -1.26. The van der Waals surface area contributed by atoms with E-state index in [1.807, 2.05) is 6.92 Å². The molecule has 1 aromatic carbocycles. The molecule has 1 amide bonds. The highest BCUT2D eigenvalue weighted by Gasteiger charge is 2.35. The molecule has 1 aromatic rings. The van der Waals surface area contributed by atoms with Gasteiger partial charge in [-0.05, 0) is 34.0 Å². The second kappa shape index (κ2) is 6.46. The Bertz CT molecular complexity index is 634. The standard InChI is InChI=1S/C15H17BrClNO4/c1-7(15(20)21)4-12(19)18-6-9-13(8(18)2)10(17)5-11(22-3)14(9)16/h5,7-8H,4,6H2,1-3H3,(H,20,21)/t7-,8?/m0/s1. The molecule has 0 aromatic heterocycles. The van der Waals surface area contributed by atoms with E-state index in [0.29, 0.717) is 17.3 Å². The molecule has 5 nitrogen and oxygen atoms in total. The normalized spacial score (nSPS) is 18.0. The summed E-state index contributed by atoms with van der Waals surface area (Å²) in [6.07, 6.45) is -0.0277. The van der Waals surface area contributed by atoms with Crippen molar-refractivity contribution in [3.63, 3.8) is 0 Å². The summed E-state index contributed by atoms with van der Waals surface area (Å²) in [4.78, 5) is 25.0. The van der Waals surface area contributed by atoms with Crippen LogP contribution in [0.25, 0.3) is 0 Å². The van der Waals surface area contributed by atoms with E-state index < -0.39 is 11.9 Å². The van der Waals surface area contributed by atoms with Gasteiger partial charge < -0.3 is 14.7 Å². The Morgan fingerprint density at radius 2 is 2.23 bits per heavy atom. The van der Waals surface area contributed by atoms with E-state index in [-0.39, 0.29) is 18.4 Å². The number of halogens is 2. The van der Waals surface area contributed by atoms with Crippen LogP contribution in [0.5, 0.6) is 5.75 Å². The molecule has 0 fully saturated rings. The molecule has 22 heavy (non-hydrogen) atoms. The Hall–Kier alpha value is -1.27. The van der Waals surface area contributed by atoms with E-state index in [1.165, 1.54) is 6.92 Å². The topological polar surface area (TPSA) is 66.8 Å². The average molecular weight is 391 g/mol. The summed E-state index contributed by atoms with van der Waals surface area (Å²) in [5, 5.41) is 9.50. The zero-order chi connectivity index (χ0) is 16.6. The first-order chi connectivity index (χ1) is 10.3. The molecule has 1 N–H and O–H groups in total. The van der Waals surface area contributed by atoms with Gasteiger partial charge in [-0.15, -0.1) is 0 Å². The Morgan fingerprint density at radius 1 is 1.59 bits per heavy atom. The van der Waals surface area contributed by atoms with Gasteiger partial charge >= 0.3 is 5.97 Å². The number of benzene rings is 1. The molecule has 0 spiro atoms. The van der Waals surface area contributed by atoms with Crippen LogP contribution in [0.3, 0.4) is 0 Å². The highest BCUT2D eigenvalue weighted by atomic mass is 79.9. The van der Waals surface area contributed by atoms with Gasteiger partial charge in [0.2, 0.25) is 5.91 Å². The maximum atomic E-state index is 12.4. The average Bonchev–Trinajstić information content (AvgIpc) is 2.81. The fourth-order valence-corrected chi connectivity index (χ4v) is 3.64. The largest absolute Gasteiger partial charge is 0.496 e. The van der Waals surface area contributed by atoms with E-state index in [2.05, 4.69) is 15.9 Å². The van der Waals surface area contributed by atoms with E-state index in [0.717, 1.165) is 15.6 Å². The van der Waals surface area contributed by atoms with Gasteiger partial charge in [0.25, 0.3) is 0 Å². The lowest BCUT2D eigenvalue weighted by molar-refractivity contribution is -0.145. The van der Waals surface area contributed by atoms with Crippen molar-refractivity contribution in [2.24, 2.45) is 5.92 Å². The number of amides is 1. The number of fused-ring (bicyclic) bond motifs is 1. The number of methoxy groups -OCH3 is 1. The molecule has 0 saturated heterocycles. The predicted molar refractivity (Wildman–Crippen MR) is 86.1 cm³/mol. The van der Waals surface area contributed by atoms with Gasteiger partial charge in [0.05, 0.1) is 23.5 Å². The zero-order valence-electron chi connectivity index (χ0n) is 12.5. The van der Waals surface area contributed by atoms with Crippen LogP contribution < -0.4 is 4.74 Å². The number of carbonyl (C=O) groups excluding carboxylic acids is 1. The highest BCUT2D eigenvalue weighted by Crippen LogP contribution is 2.45. The molecule has 0 aliphatic carbocycles. The number of rotatable bonds is 4. The van der Waals surface area contributed by atoms with Crippen LogP contribution >= 0.6 is 27.5 Å². The third-order valence-electron chi connectivity index (χ3n) is 3.98. The molecule has 7 heteroatoms. The minimum absolute atomic E-state index is 0.0277. The van der Waals surface area contributed by atoms with Crippen LogP contribution in [0.1, 0.15) is 37.4 Å². The molecule has 0 bridgehead atoms. The molecule has 1 aliphatic heterocycles. The zero-order valence-corrected chi connectivity index (χ0v) is 14.9. The van der Waals surface area contributed by atoms with Gasteiger partial charge in [0.15, 0.2) is 0 Å². The van der Waals surface area contributed by atoms with Crippen molar-refractivity contribution in [2.45, 2.75) is 32.9 Å². The Morgan fingerprint density at radius 3 is 2.77 bits per heavy atom. The summed E-state index contributed by atoms with van der Waals surface area (Å²) >= 11 is 9.80. The number of hydrogen-bond acceptors (Lipinski definition) is 3. The molecular weight excluding hydrogens is 374 g/mol. The summed E-state index contributed by atoms with van der Waals surface area (Å²) in [5.41, 5.74) is 1.79. The molecule has 1 aliphatic rings. The number of hydrogen-bond donors (Lipinski definition) is 1. The number of carboxylic acid groups (broad SMARTS) is 1. The Labute approximate surface area is 142 Å². The fraction of sp³-hybridized carbons (Fsp3) is 0.467. The lowest BCUT2D eigenvalue weighted by atomic mass is 10.0. The molecule has 2 rings (SSSR count). The molecule has 120 valence electrons. The first-order valence-corrected chi connectivity index (χ1v) is 8.02. The number of nitrogens with zero attached hydrogens (tertiary/aromatic N) is 1. The van der Waals surface area contributed by atoms with Crippen LogP contribution in [0.4, 0.5) is 0 Å².